The van der Waals surface area contributed by atoms with Crippen LogP contribution in [0.15, 0.2) is 12.3 Å². The number of piperidine rings is 1. The Bertz CT molecular complexity index is 505. The number of hydrogen-bond acceptors (Lipinski definition) is 3. The van der Waals surface area contributed by atoms with E-state index in [-0.39, 0.29) is 5.91 Å². The van der Waals surface area contributed by atoms with E-state index in [2.05, 4.69) is 10.3 Å². The van der Waals surface area contributed by atoms with Gasteiger partial charge in [0.25, 0.3) is 5.91 Å². The highest BCUT2D eigenvalue weighted by Gasteiger charge is 2.40. The first kappa shape index (κ1) is 12.7. The molecule has 19 heavy (non-hydrogen) atoms. The van der Waals surface area contributed by atoms with E-state index in [1.165, 1.54) is 6.42 Å². The topological polar surface area (TPSA) is 45.2 Å². The quantitative estimate of drug-likeness (QED) is 0.925. The van der Waals surface area contributed by atoms with Gasteiger partial charge >= 0.3 is 0 Å². The monoisotopic (exact) mass is 279 g/mol. The maximum atomic E-state index is 12.6. The Morgan fingerprint density at radius 3 is 3.05 bits per heavy atom. The second kappa shape index (κ2) is 5.00. The molecule has 4 nitrogen and oxygen atoms in total. The van der Waals surface area contributed by atoms with E-state index >= 15 is 0 Å². The largest absolute Gasteiger partial charge is 0.370 e. The molecule has 1 aliphatic heterocycles. The summed E-state index contributed by atoms with van der Waals surface area (Å²) in [6.07, 6.45) is 5.12. The number of halogens is 1. The highest BCUT2D eigenvalue weighted by Crippen LogP contribution is 2.38. The van der Waals surface area contributed by atoms with E-state index in [1.54, 1.807) is 12.3 Å². The summed E-state index contributed by atoms with van der Waals surface area (Å²) in [6, 6.07) is 2.18. The van der Waals surface area contributed by atoms with Gasteiger partial charge in [-0.25, -0.2) is 4.98 Å². The zero-order valence-corrected chi connectivity index (χ0v) is 11.8. The average Bonchev–Trinajstić information content (AvgIpc) is 3.03. The molecule has 2 heterocycles. The number of aromatic nitrogens is 1. The summed E-state index contributed by atoms with van der Waals surface area (Å²) in [4.78, 5) is 18.8. The minimum atomic E-state index is 0.0544. The third-order valence-corrected chi connectivity index (χ3v) is 4.41. The molecule has 2 fully saturated rings. The summed E-state index contributed by atoms with van der Waals surface area (Å²) in [5, 5.41) is 3.55. The molecular weight excluding hydrogens is 262 g/mol. The zero-order valence-electron chi connectivity index (χ0n) is 11.0. The number of hydrogen-bond donors (Lipinski definition) is 1. The lowest BCUT2D eigenvalue weighted by molar-refractivity contribution is 0.0704. The molecular formula is C14H18ClN3O. The predicted molar refractivity (Wildman–Crippen MR) is 75.6 cm³/mol. The minimum Gasteiger partial charge on any atom is -0.370 e. The van der Waals surface area contributed by atoms with Crippen molar-refractivity contribution in [3.05, 3.63) is 22.8 Å². The molecule has 2 atom stereocenters. The summed E-state index contributed by atoms with van der Waals surface area (Å²) in [5.41, 5.74) is 0.570. The van der Waals surface area contributed by atoms with Crippen molar-refractivity contribution in [2.24, 2.45) is 5.92 Å². The Kier molecular flexibility index (Phi) is 3.35. The van der Waals surface area contributed by atoms with Crippen LogP contribution < -0.4 is 5.32 Å². The number of rotatable bonds is 3. The molecule has 102 valence electrons. The van der Waals surface area contributed by atoms with Gasteiger partial charge in [-0.3, -0.25) is 4.79 Å². The maximum absolute atomic E-state index is 12.6. The molecule has 1 aromatic rings. The van der Waals surface area contributed by atoms with Crippen molar-refractivity contribution in [2.75, 3.05) is 18.4 Å². The summed E-state index contributed by atoms with van der Waals surface area (Å²) in [5.74, 6) is 1.46. The van der Waals surface area contributed by atoms with E-state index in [9.17, 15) is 4.79 Å². The molecule has 1 aromatic heterocycles. The van der Waals surface area contributed by atoms with Gasteiger partial charge < -0.3 is 10.2 Å². The fourth-order valence-electron chi connectivity index (χ4n) is 3.21. The van der Waals surface area contributed by atoms with Crippen LogP contribution in [-0.2, 0) is 0 Å². The van der Waals surface area contributed by atoms with E-state index in [0.717, 1.165) is 25.9 Å². The van der Waals surface area contributed by atoms with E-state index in [1.807, 2.05) is 11.8 Å². The number of nitrogens with one attached hydrogen (secondary N) is 1. The van der Waals surface area contributed by atoms with Crippen LogP contribution in [0, 0.1) is 5.92 Å². The molecule has 2 bridgehead atoms. The summed E-state index contributed by atoms with van der Waals surface area (Å²) < 4.78 is 0. The molecule has 2 aliphatic rings. The van der Waals surface area contributed by atoms with Crippen molar-refractivity contribution in [1.82, 2.24) is 9.88 Å². The number of nitrogens with zero attached hydrogens (tertiary/aromatic N) is 2. The highest BCUT2D eigenvalue weighted by atomic mass is 35.5. The molecule has 1 N–H and O–H groups in total. The fraction of sp³-hybridized carbons (Fsp3) is 0.571. The van der Waals surface area contributed by atoms with Crippen molar-refractivity contribution < 1.29 is 4.79 Å². The van der Waals surface area contributed by atoms with Gasteiger partial charge in [0.05, 0.1) is 10.6 Å². The first-order valence-electron chi connectivity index (χ1n) is 6.89. The van der Waals surface area contributed by atoms with Crippen molar-refractivity contribution in [2.45, 2.75) is 32.2 Å². The minimum absolute atomic E-state index is 0.0544. The summed E-state index contributed by atoms with van der Waals surface area (Å²) in [7, 11) is 0. The zero-order chi connectivity index (χ0) is 13.4. The Hall–Kier alpha value is -1.29. The van der Waals surface area contributed by atoms with Gasteiger partial charge in [-0.1, -0.05) is 11.6 Å². The predicted octanol–water partition coefficient (Wildman–Crippen LogP) is 2.79. The normalized spacial score (nSPS) is 24.8. The smallest absolute Gasteiger partial charge is 0.255 e. The van der Waals surface area contributed by atoms with Crippen LogP contribution in [0.5, 0.6) is 0 Å². The molecule has 2 unspecified atom stereocenters. The molecule has 3 rings (SSSR count). The van der Waals surface area contributed by atoms with Crippen LogP contribution in [0.25, 0.3) is 0 Å². The second-order valence-electron chi connectivity index (χ2n) is 5.37. The van der Waals surface area contributed by atoms with Gasteiger partial charge in [0.1, 0.15) is 5.82 Å². The Balaban J connectivity index is 1.84. The summed E-state index contributed by atoms with van der Waals surface area (Å²) in [6.45, 7) is 3.66. The van der Waals surface area contributed by atoms with Gasteiger partial charge in [0.15, 0.2) is 0 Å². The number of likely N-dealkylation sites (tertiary alicyclic amines) is 1. The van der Waals surface area contributed by atoms with Crippen LogP contribution in [0.1, 0.15) is 36.5 Å². The molecule has 1 saturated carbocycles. The Labute approximate surface area is 118 Å². The SMILES string of the molecule is CCNc1cc(C(=O)N2CC3CCC2C3)c(Cl)cn1. The molecule has 1 aliphatic carbocycles. The van der Waals surface area contributed by atoms with Gasteiger partial charge in [-0.05, 0) is 38.2 Å². The van der Waals surface area contributed by atoms with Gasteiger partial charge in [-0.2, -0.15) is 0 Å². The maximum Gasteiger partial charge on any atom is 0.255 e. The van der Waals surface area contributed by atoms with Crippen LogP contribution in [0.3, 0.4) is 0 Å². The van der Waals surface area contributed by atoms with Crippen LogP contribution in [0.2, 0.25) is 5.02 Å². The molecule has 0 spiro atoms. The molecule has 5 heteroatoms. The number of anilines is 1. The molecule has 1 saturated heterocycles. The fourth-order valence-corrected chi connectivity index (χ4v) is 3.39. The number of amides is 1. The second-order valence-corrected chi connectivity index (χ2v) is 5.78. The van der Waals surface area contributed by atoms with Gasteiger partial charge in [0, 0.05) is 25.3 Å². The Morgan fingerprint density at radius 2 is 2.42 bits per heavy atom. The number of fused-ring (bicyclic) bond motifs is 2. The Morgan fingerprint density at radius 1 is 1.58 bits per heavy atom. The highest BCUT2D eigenvalue weighted by molar-refractivity contribution is 6.33. The number of carbonyl (C=O) groups is 1. The molecule has 1 amide bonds. The lowest BCUT2D eigenvalue weighted by Crippen LogP contribution is -2.37. The third-order valence-electron chi connectivity index (χ3n) is 4.11. The van der Waals surface area contributed by atoms with Crippen molar-refractivity contribution in [3.63, 3.8) is 0 Å². The van der Waals surface area contributed by atoms with E-state index in [0.29, 0.717) is 28.4 Å². The van der Waals surface area contributed by atoms with Gasteiger partial charge in [0.2, 0.25) is 0 Å². The van der Waals surface area contributed by atoms with Crippen LogP contribution >= 0.6 is 11.6 Å². The van der Waals surface area contributed by atoms with E-state index in [4.69, 9.17) is 11.6 Å². The standard InChI is InChI=1S/C14H18ClN3O/c1-2-16-13-6-11(12(15)7-17-13)14(19)18-8-9-3-4-10(18)5-9/h6-7,9-10H,2-5,8H2,1H3,(H,16,17). The first-order valence-corrected chi connectivity index (χ1v) is 7.27. The van der Waals surface area contributed by atoms with Crippen LogP contribution in [0.4, 0.5) is 5.82 Å². The average molecular weight is 280 g/mol. The van der Waals surface area contributed by atoms with E-state index < -0.39 is 0 Å². The number of carbonyl (C=O) groups excluding carboxylic acids is 1. The number of pyridine rings is 1. The van der Waals surface area contributed by atoms with Crippen molar-refractivity contribution in [1.29, 1.82) is 0 Å². The first-order chi connectivity index (χ1) is 9.19. The molecule has 0 radical (unpaired) electrons. The van der Waals surface area contributed by atoms with Crippen molar-refractivity contribution in [3.8, 4) is 0 Å². The molecule has 0 aromatic carbocycles. The lowest BCUT2D eigenvalue weighted by atomic mass is 10.1. The van der Waals surface area contributed by atoms with Crippen molar-refractivity contribution >= 4 is 23.3 Å². The lowest BCUT2D eigenvalue weighted by Gasteiger charge is -2.27. The summed E-state index contributed by atoms with van der Waals surface area (Å²) >= 11 is 6.13. The third kappa shape index (κ3) is 2.29. The van der Waals surface area contributed by atoms with Gasteiger partial charge in [-0.15, -0.1) is 0 Å². The van der Waals surface area contributed by atoms with Crippen LogP contribution in [-0.4, -0.2) is 34.9 Å².